The first kappa shape index (κ1) is 26.3. The molecule has 0 aliphatic rings. The molecular formula is C27H20Cl3N3O4. The molecule has 0 bridgehead atoms. The van der Waals surface area contributed by atoms with Crippen molar-refractivity contribution in [1.29, 1.82) is 0 Å². The number of halogens is 3. The fourth-order valence-electron chi connectivity index (χ4n) is 3.51. The maximum Gasteiger partial charge on any atom is 0.271 e. The van der Waals surface area contributed by atoms with Gasteiger partial charge >= 0.3 is 0 Å². The third kappa shape index (κ3) is 6.51. The SMILES string of the molecule is COc1cc(/C=N/NC(=O)c2cccc3ccccc23)cc(Cl)c1OCC(=O)Nc1ccc(Cl)c(Cl)c1. The summed E-state index contributed by atoms with van der Waals surface area (Å²) in [6, 6.07) is 21.0. The molecule has 0 aliphatic carbocycles. The predicted molar refractivity (Wildman–Crippen MR) is 148 cm³/mol. The predicted octanol–water partition coefficient (Wildman–Crippen LogP) is 6.59. The smallest absolute Gasteiger partial charge is 0.271 e. The van der Waals surface area contributed by atoms with Crippen LogP contribution in [-0.2, 0) is 4.79 Å². The summed E-state index contributed by atoms with van der Waals surface area (Å²) in [7, 11) is 1.44. The summed E-state index contributed by atoms with van der Waals surface area (Å²) >= 11 is 18.2. The lowest BCUT2D eigenvalue weighted by atomic mass is 10.0. The van der Waals surface area contributed by atoms with Crippen LogP contribution in [0, 0.1) is 0 Å². The van der Waals surface area contributed by atoms with Crippen LogP contribution in [-0.4, -0.2) is 31.7 Å². The van der Waals surface area contributed by atoms with E-state index in [0.717, 1.165) is 10.8 Å². The summed E-state index contributed by atoms with van der Waals surface area (Å²) in [6.45, 7) is -0.329. The van der Waals surface area contributed by atoms with E-state index >= 15 is 0 Å². The Balaban J connectivity index is 1.41. The molecule has 0 aromatic heterocycles. The Labute approximate surface area is 227 Å². The number of ether oxygens (including phenoxy) is 2. The monoisotopic (exact) mass is 555 g/mol. The number of hydrazone groups is 1. The molecule has 37 heavy (non-hydrogen) atoms. The van der Waals surface area contributed by atoms with Gasteiger partial charge in [0.15, 0.2) is 18.1 Å². The maximum atomic E-state index is 12.7. The molecule has 0 aliphatic heterocycles. The Morgan fingerprint density at radius 1 is 0.919 bits per heavy atom. The standard InChI is InChI=1S/C27H20Cl3N3O4/c1-36-24-12-16(14-31-33-27(35)20-8-4-6-17-5-2-3-7-19(17)20)11-23(30)26(24)37-15-25(34)32-18-9-10-21(28)22(29)13-18/h2-14H,15H2,1H3,(H,32,34)(H,33,35)/b31-14+. The summed E-state index contributed by atoms with van der Waals surface area (Å²) in [6.07, 6.45) is 1.43. The molecule has 0 heterocycles. The van der Waals surface area contributed by atoms with E-state index in [1.54, 1.807) is 30.3 Å². The highest BCUT2D eigenvalue weighted by Gasteiger charge is 2.14. The average Bonchev–Trinajstić information content (AvgIpc) is 2.89. The zero-order valence-corrected chi connectivity index (χ0v) is 21.7. The number of carbonyl (C=O) groups excluding carboxylic acids is 2. The minimum atomic E-state index is -0.432. The Kier molecular flexibility index (Phi) is 8.50. The number of amides is 2. The van der Waals surface area contributed by atoms with Crippen LogP contribution in [0.2, 0.25) is 15.1 Å². The molecule has 0 saturated heterocycles. The van der Waals surface area contributed by atoms with Crippen molar-refractivity contribution in [3.63, 3.8) is 0 Å². The molecule has 2 N–H and O–H groups in total. The van der Waals surface area contributed by atoms with Gasteiger partial charge in [0.25, 0.3) is 11.8 Å². The second-order valence-electron chi connectivity index (χ2n) is 7.73. The van der Waals surface area contributed by atoms with Crippen LogP contribution >= 0.6 is 34.8 Å². The largest absolute Gasteiger partial charge is 0.493 e. The van der Waals surface area contributed by atoms with Crippen molar-refractivity contribution in [2.75, 3.05) is 19.0 Å². The Morgan fingerprint density at radius 3 is 2.49 bits per heavy atom. The second kappa shape index (κ2) is 12.0. The number of nitrogens with one attached hydrogen (secondary N) is 2. The number of rotatable bonds is 8. The molecule has 4 rings (SSSR count). The lowest BCUT2D eigenvalue weighted by Gasteiger charge is -2.13. The number of benzene rings is 4. The lowest BCUT2D eigenvalue weighted by molar-refractivity contribution is -0.118. The highest BCUT2D eigenvalue weighted by atomic mass is 35.5. The number of nitrogens with zero attached hydrogens (tertiary/aromatic N) is 1. The van der Waals surface area contributed by atoms with Crippen molar-refractivity contribution in [2.24, 2.45) is 5.10 Å². The van der Waals surface area contributed by atoms with Crippen LogP contribution in [0.5, 0.6) is 11.5 Å². The number of hydrogen-bond donors (Lipinski definition) is 2. The molecule has 188 valence electrons. The van der Waals surface area contributed by atoms with Crippen molar-refractivity contribution in [3.8, 4) is 11.5 Å². The number of hydrogen-bond acceptors (Lipinski definition) is 5. The Hall–Kier alpha value is -3.78. The van der Waals surface area contributed by atoms with E-state index in [1.807, 2.05) is 36.4 Å². The molecule has 0 atom stereocenters. The van der Waals surface area contributed by atoms with Crippen LogP contribution in [0.25, 0.3) is 10.8 Å². The number of anilines is 1. The average molecular weight is 557 g/mol. The van der Waals surface area contributed by atoms with Gasteiger partial charge in [-0.15, -0.1) is 0 Å². The first-order chi connectivity index (χ1) is 17.9. The van der Waals surface area contributed by atoms with Crippen molar-refractivity contribution < 1.29 is 19.1 Å². The van der Waals surface area contributed by atoms with Gasteiger partial charge in [0.2, 0.25) is 0 Å². The topological polar surface area (TPSA) is 89.0 Å². The quantitative estimate of drug-likeness (QED) is 0.189. The van der Waals surface area contributed by atoms with E-state index in [9.17, 15) is 9.59 Å². The van der Waals surface area contributed by atoms with Crippen molar-refractivity contribution in [1.82, 2.24) is 5.43 Å². The first-order valence-electron chi connectivity index (χ1n) is 10.9. The van der Waals surface area contributed by atoms with Crippen LogP contribution in [0.15, 0.2) is 77.9 Å². The van der Waals surface area contributed by atoms with E-state index < -0.39 is 5.91 Å². The Morgan fingerprint density at radius 2 is 1.70 bits per heavy atom. The second-order valence-corrected chi connectivity index (χ2v) is 8.95. The number of methoxy groups -OCH3 is 1. The van der Waals surface area contributed by atoms with E-state index in [-0.39, 0.29) is 29.0 Å². The van der Waals surface area contributed by atoms with Gasteiger partial charge < -0.3 is 14.8 Å². The maximum absolute atomic E-state index is 12.7. The highest BCUT2D eigenvalue weighted by molar-refractivity contribution is 6.42. The van der Waals surface area contributed by atoms with Gasteiger partial charge in [-0.25, -0.2) is 5.43 Å². The molecular weight excluding hydrogens is 537 g/mol. The number of carbonyl (C=O) groups is 2. The molecule has 0 fully saturated rings. The molecule has 0 saturated carbocycles. The molecule has 10 heteroatoms. The highest BCUT2D eigenvalue weighted by Crippen LogP contribution is 2.36. The van der Waals surface area contributed by atoms with Crippen molar-refractivity contribution >= 4 is 69.3 Å². The van der Waals surface area contributed by atoms with Gasteiger partial charge in [-0.3, -0.25) is 9.59 Å². The third-order valence-electron chi connectivity index (χ3n) is 5.22. The fourth-order valence-corrected chi connectivity index (χ4v) is 4.08. The van der Waals surface area contributed by atoms with Crippen LogP contribution < -0.4 is 20.2 Å². The third-order valence-corrected chi connectivity index (χ3v) is 6.24. The van der Waals surface area contributed by atoms with Crippen molar-refractivity contribution in [2.45, 2.75) is 0 Å². The van der Waals surface area contributed by atoms with Crippen LogP contribution in [0.1, 0.15) is 15.9 Å². The van der Waals surface area contributed by atoms with Gasteiger partial charge in [0, 0.05) is 11.3 Å². The van der Waals surface area contributed by atoms with E-state index in [2.05, 4.69) is 15.8 Å². The minimum absolute atomic E-state index is 0.186. The van der Waals surface area contributed by atoms with Gasteiger partial charge in [-0.2, -0.15) is 5.10 Å². The summed E-state index contributed by atoms with van der Waals surface area (Å²) in [5.74, 6) is -0.306. The van der Waals surface area contributed by atoms with Crippen molar-refractivity contribution in [3.05, 3.63) is 99.0 Å². The molecule has 4 aromatic carbocycles. The molecule has 0 unspecified atom stereocenters. The molecule has 0 radical (unpaired) electrons. The fraction of sp³-hybridized carbons (Fsp3) is 0.0741. The normalized spacial score (nSPS) is 10.9. The molecule has 7 nitrogen and oxygen atoms in total. The zero-order chi connectivity index (χ0) is 26.4. The summed E-state index contributed by atoms with van der Waals surface area (Å²) in [5.41, 5.74) is 4.05. The zero-order valence-electron chi connectivity index (χ0n) is 19.4. The minimum Gasteiger partial charge on any atom is -0.493 e. The van der Waals surface area contributed by atoms with E-state index in [1.165, 1.54) is 19.4 Å². The summed E-state index contributed by atoms with van der Waals surface area (Å²) < 4.78 is 11.0. The van der Waals surface area contributed by atoms with E-state index in [0.29, 0.717) is 26.9 Å². The molecule has 0 spiro atoms. The van der Waals surface area contributed by atoms with E-state index in [4.69, 9.17) is 44.3 Å². The van der Waals surface area contributed by atoms with Crippen LogP contribution in [0.3, 0.4) is 0 Å². The summed E-state index contributed by atoms with van der Waals surface area (Å²) in [4.78, 5) is 25.0. The first-order valence-corrected chi connectivity index (χ1v) is 12.1. The lowest BCUT2D eigenvalue weighted by Crippen LogP contribution is -2.20. The summed E-state index contributed by atoms with van der Waals surface area (Å²) in [5, 5.41) is 9.37. The van der Waals surface area contributed by atoms with Gasteiger partial charge in [0.05, 0.1) is 28.4 Å². The van der Waals surface area contributed by atoms with Crippen LogP contribution in [0.4, 0.5) is 5.69 Å². The molecule has 2 amide bonds. The van der Waals surface area contributed by atoms with Gasteiger partial charge in [0.1, 0.15) is 0 Å². The number of fused-ring (bicyclic) bond motifs is 1. The Bertz CT molecular complexity index is 1500. The van der Waals surface area contributed by atoms with Gasteiger partial charge in [-0.1, -0.05) is 71.2 Å². The molecule has 4 aromatic rings. The van der Waals surface area contributed by atoms with Gasteiger partial charge in [-0.05, 0) is 52.7 Å².